The Balaban J connectivity index is 1.75. The van der Waals surface area contributed by atoms with Crippen molar-refractivity contribution in [1.82, 2.24) is 14.7 Å². The topological polar surface area (TPSA) is 50.5 Å². The highest BCUT2D eigenvalue weighted by Crippen LogP contribution is 2.37. The number of hydrogen-bond acceptors (Lipinski definition) is 4. The van der Waals surface area contributed by atoms with Gasteiger partial charge in [0.05, 0.1) is 32.1 Å². The summed E-state index contributed by atoms with van der Waals surface area (Å²) in [6.45, 7) is 8.62. The van der Waals surface area contributed by atoms with Crippen molar-refractivity contribution in [1.29, 1.82) is 0 Å². The van der Waals surface area contributed by atoms with Gasteiger partial charge in [0, 0.05) is 30.4 Å². The van der Waals surface area contributed by atoms with Gasteiger partial charge in [-0.1, -0.05) is 0 Å². The van der Waals surface area contributed by atoms with E-state index in [2.05, 4.69) is 23.8 Å². The minimum atomic E-state index is 0.143. The van der Waals surface area contributed by atoms with Crippen molar-refractivity contribution < 1.29 is 9.84 Å². The van der Waals surface area contributed by atoms with E-state index in [4.69, 9.17) is 9.84 Å². The van der Waals surface area contributed by atoms with Gasteiger partial charge in [0.2, 0.25) is 0 Å². The van der Waals surface area contributed by atoms with Gasteiger partial charge in [-0.25, -0.2) is 0 Å². The fourth-order valence-electron chi connectivity index (χ4n) is 3.25. The van der Waals surface area contributed by atoms with Gasteiger partial charge in [0.1, 0.15) is 0 Å². The Hall–Kier alpha value is -0.910. The molecule has 112 valence electrons. The summed E-state index contributed by atoms with van der Waals surface area (Å²) in [5.41, 5.74) is 3.61. The maximum atomic E-state index is 9.10. The lowest BCUT2D eigenvalue weighted by atomic mass is 10.1. The van der Waals surface area contributed by atoms with E-state index < -0.39 is 0 Å². The van der Waals surface area contributed by atoms with Crippen LogP contribution in [0.4, 0.5) is 0 Å². The molecule has 0 bridgehead atoms. The maximum Gasteiger partial charge on any atom is 0.0644 e. The number of aliphatic hydroxyl groups is 1. The molecular formula is C15H25N3O2. The predicted molar refractivity (Wildman–Crippen MR) is 76.5 cm³/mol. The molecule has 1 N–H and O–H groups in total. The Kier molecular flexibility index (Phi) is 4.10. The molecule has 1 unspecified atom stereocenters. The molecule has 1 aliphatic heterocycles. The number of aryl methyl sites for hydroxylation is 1. The quantitative estimate of drug-likeness (QED) is 0.877. The first-order valence-corrected chi connectivity index (χ1v) is 7.66. The molecule has 1 saturated carbocycles. The van der Waals surface area contributed by atoms with Crippen molar-refractivity contribution in [2.75, 3.05) is 26.4 Å². The minimum absolute atomic E-state index is 0.143. The zero-order chi connectivity index (χ0) is 14.1. The number of ether oxygens (including phenoxy) is 1. The number of rotatable bonds is 5. The molecule has 0 amide bonds. The van der Waals surface area contributed by atoms with Crippen LogP contribution in [0.1, 0.15) is 29.8 Å². The van der Waals surface area contributed by atoms with Gasteiger partial charge in [-0.2, -0.15) is 5.10 Å². The number of morpholine rings is 1. The molecule has 1 aromatic rings. The molecule has 2 aliphatic rings. The molecule has 5 heteroatoms. The minimum Gasteiger partial charge on any atom is -0.394 e. The molecule has 1 aliphatic carbocycles. The smallest absolute Gasteiger partial charge is 0.0644 e. The average Bonchev–Trinajstić information content (AvgIpc) is 3.24. The Morgan fingerprint density at radius 2 is 2.15 bits per heavy atom. The molecule has 1 saturated heterocycles. The van der Waals surface area contributed by atoms with Crippen LogP contribution >= 0.6 is 0 Å². The van der Waals surface area contributed by atoms with Crippen molar-refractivity contribution in [3.05, 3.63) is 17.0 Å². The standard InChI is InChI=1S/C15H25N3O2/c1-11-14(12(2)18(16-11)5-7-19)9-17-6-8-20-10-15(17)13-3-4-13/h13,15,19H,3-10H2,1-2H3. The second-order valence-corrected chi connectivity index (χ2v) is 6.05. The molecule has 1 atom stereocenters. The SMILES string of the molecule is Cc1nn(CCO)c(C)c1CN1CCOCC1C1CC1. The fraction of sp³-hybridized carbons (Fsp3) is 0.800. The van der Waals surface area contributed by atoms with Crippen LogP contribution in [0.15, 0.2) is 0 Å². The van der Waals surface area contributed by atoms with Crippen LogP contribution in [-0.4, -0.2) is 52.2 Å². The molecule has 1 aromatic heterocycles. The zero-order valence-electron chi connectivity index (χ0n) is 12.5. The lowest BCUT2D eigenvalue weighted by molar-refractivity contribution is -0.0199. The molecule has 3 rings (SSSR count). The summed E-state index contributed by atoms with van der Waals surface area (Å²) in [5, 5.41) is 13.7. The highest BCUT2D eigenvalue weighted by atomic mass is 16.5. The number of aliphatic hydroxyl groups excluding tert-OH is 1. The molecule has 20 heavy (non-hydrogen) atoms. The summed E-state index contributed by atoms with van der Waals surface area (Å²) in [4.78, 5) is 2.57. The monoisotopic (exact) mass is 279 g/mol. The predicted octanol–water partition coefficient (Wildman–Crippen LogP) is 1.10. The van der Waals surface area contributed by atoms with E-state index in [-0.39, 0.29) is 6.61 Å². The van der Waals surface area contributed by atoms with Crippen molar-refractivity contribution in [2.45, 2.75) is 45.8 Å². The van der Waals surface area contributed by atoms with Crippen LogP contribution in [0.25, 0.3) is 0 Å². The van der Waals surface area contributed by atoms with Crippen LogP contribution in [0, 0.1) is 19.8 Å². The van der Waals surface area contributed by atoms with E-state index in [1.807, 2.05) is 4.68 Å². The molecular weight excluding hydrogens is 254 g/mol. The summed E-state index contributed by atoms with van der Waals surface area (Å²) in [5.74, 6) is 0.836. The second kappa shape index (κ2) is 5.84. The zero-order valence-corrected chi connectivity index (χ0v) is 12.5. The lowest BCUT2D eigenvalue weighted by Crippen LogP contribution is -2.46. The van der Waals surface area contributed by atoms with Crippen LogP contribution < -0.4 is 0 Å². The van der Waals surface area contributed by atoms with E-state index in [1.165, 1.54) is 24.1 Å². The third-order valence-corrected chi connectivity index (χ3v) is 4.65. The van der Waals surface area contributed by atoms with E-state index >= 15 is 0 Å². The first kappa shape index (κ1) is 14.0. The van der Waals surface area contributed by atoms with E-state index in [1.54, 1.807) is 0 Å². The number of nitrogens with zero attached hydrogens (tertiary/aromatic N) is 3. The summed E-state index contributed by atoms with van der Waals surface area (Å²) < 4.78 is 7.59. The summed E-state index contributed by atoms with van der Waals surface area (Å²) in [7, 11) is 0. The van der Waals surface area contributed by atoms with Gasteiger partial charge >= 0.3 is 0 Å². The highest BCUT2D eigenvalue weighted by Gasteiger charge is 2.37. The molecule has 2 fully saturated rings. The van der Waals surface area contributed by atoms with Crippen molar-refractivity contribution in [3.63, 3.8) is 0 Å². The molecule has 0 radical (unpaired) electrons. The van der Waals surface area contributed by atoms with Gasteiger partial charge in [-0.15, -0.1) is 0 Å². The third kappa shape index (κ3) is 2.75. The van der Waals surface area contributed by atoms with Crippen LogP contribution in [0.2, 0.25) is 0 Å². The Bertz CT molecular complexity index is 468. The van der Waals surface area contributed by atoms with Crippen molar-refractivity contribution in [3.8, 4) is 0 Å². The third-order valence-electron chi connectivity index (χ3n) is 4.65. The first-order chi connectivity index (χ1) is 9.70. The van der Waals surface area contributed by atoms with Crippen LogP contribution in [0.5, 0.6) is 0 Å². The Labute approximate surface area is 120 Å². The highest BCUT2D eigenvalue weighted by molar-refractivity contribution is 5.24. The molecule has 0 aromatic carbocycles. The molecule has 5 nitrogen and oxygen atoms in total. The van der Waals surface area contributed by atoms with Gasteiger partial charge in [0.15, 0.2) is 0 Å². The van der Waals surface area contributed by atoms with E-state index in [9.17, 15) is 0 Å². The lowest BCUT2D eigenvalue weighted by Gasteiger charge is -2.35. The summed E-state index contributed by atoms with van der Waals surface area (Å²) >= 11 is 0. The van der Waals surface area contributed by atoms with Crippen molar-refractivity contribution >= 4 is 0 Å². The van der Waals surface area contributed by atoms with Crippen LogP contribution in [-0.2, 0) is 17.8 Å². The fourth-order valence-corrected chi connectivity index (χ4v) is 3.25. The number of hydrogen-bond donors (Lipinski definition) is 1. The normalized spacial score (nSPS) is 24.2. The maximum absolute atomic E-state index is 9.10. The Morgan fingerprint density at radius 3 is 2.85 bits per heavy atom. The average molecular weight is 279 g/mol. The Morgan fingerprint density at radius 1 is 1.35 bits per heavy atom. The van der Waals surface area contributed by atoms with Gasteiger partial charge in [-0.3, -0.25) is 9.58 Å². The van der Waals surface area contributed by atoms with E-state index in [0.717, 1.165) is 37.9 Å². The van der Waals surface area contributed by atoms with Gasteiger partial charge in [-0.05, 0) is 32.6 Å². The second-order valence-electron chi connectivity index (χ2n) is 6.05. The van der Waals surface area contributed by atoms with Crippen molar-refractivity contribution in [2.24, 2.45) is 5.92 Å². The van der Waals surface area contributed by atoms with E-state index in [0.29, 0.717) is 12.6 Å². The van der Waals surface area contributed by atoms with Gasteiger partial charge < -0.3 is 9.84 Å². The van der Waals surface area contributed by atoms with Gasteiger partial charge in [0.25, 0.3) is 0 Å². The molecule has 0 spiro atoms. The summed E-state index contributed by atoms with van der Waals surface area (Å²) in [6, 6.07) is 0.587. The van der Waals surface area contributed by atoms with Crippen LogP contribution in [0.3, 0.4) is 0 Å². The molecule has 2 heterocycles. The largest absolute Gasteiger partial charge is 0.394 e. The summed E-state index contributed by atoms with van der Waals surface area (Å²) in [6.07, 6.45) is 2.71. The number of aromatic nitrogens is 2. The first-order valence-electron chi connectivity index (χ1n) is 7.66.